The molecule has 32 nitrogen and oxygen atoms in total. The number of carbonyl (C=O) groups is 8. The highest BCUT2D eigenvalue weighted by molar-refractivity contribution is 5.98. The number of halogens is 6. The Balaban J connectivity index is 0.000000116. The predicted molar refractivity (Wildman–Crippen MR) is 535 cm³/mol. The number of aryl methyl sites for hydroxylation is 5. The molecule has 6 saturated heterocycles. The molecule has 16 N–H and O–H groups in total. The molecular formula is C111H128F6N16O16. The van der Waals surface area contributed by atoms with Crippen molar-refractivity contribution in [2.75, 3.05) is 65.4 Å². The molecule has 0 radical (unpaired) electrons. The predicted octanol–water partition coefficient (Wildman–Crippen LogP) is 15.2. The van der Waals surface area contributed by atoms with Crippen molar-refractivity contribution in [1.82, 2.24) is 82.4 Å². The van der Waals surface area contributed by atoms with Gasteiger partial charge in [-0.25, -0.2) is 70.2 Å². The summed E-state index contributed by atoms with van der Waals surface area (Å²) in [4.78, 5) is 105. The van der Waals surface area contributed by atoms with Crippen LogP contribution in [0.25, 0.3) is 22.5 Å². The molecular weight excluding hydrogens is 1930 g/mol. The van der Waals surface area contributed by atoms with Crippen LogP contribution in [0.15, 0.2) is 140 Å². The summed E-state index contributed by atoms with van der Waals surface area (Å²) in [5, 5.41) is 69.1. The average molecular weight is 2060 g/mol. The Morgan fingerprint density at radius 2 is 0.664 bits per heavy atom. The van der Waals surface area contributed by atoms with E-state index >= 15 is 0 Å². The van der Waals surface area contributed by atoms with Gasteiger partial charge in [0.05, 0.1) is 11.4 Å². The van der Waals surface area contributed by atoms with Gasteiger partial charge in [0.25, 0.3) is 47.3 Å². The fraction of sp³-hybridized carbons (Fsp3) is 0.423. The Kier molecular flexibility index (Phi) is 32.8. The van der Waals surface area contributed by atoms with Crippen molar-refractivity contribution < 1.29 is 106 Å². The Bertz CT molecular complexity index is 6530. The van der Waals surface area contributed by atoms with Gasteiger partial charge in [0.15, 0.2) is 0 Å². The van der Waals surface area contributed by atoms with Crippen LogP contribution in [0.5, 0.6) is 0 Å². The molecule has 149 heavy (non-hydrogen) atoms. The summed E-state index contributed by atoms with van der Waals surface area (Å²) < 4.78 is 89.4. The Morgan fingerprint density at radius 1 is 0.336 bits per heavy atom. The van der Waals surface area contributed by atoms with Gasteiger partial charge in [0.2, 0.25) is 0 Å². The van der Waals surface area contributed by atoms with E-state index in [1.165, 1.54) is 96.3 Å². The SMILES string of the molecule is CC1(C)C[C@@H]2Cc3c(F)cc(C(=O)NO)cc3CN2C1.CC1(C)C[C@H]2Cc3c(F)cc(C(=O)NO)cc3CN2C1.C[C@@H]1C[C@@H]2c3c(F)cc(C(=O)NO)cc3CCN2C1.C[C@@H]1C[C@H]2c3c(F)cc(C(=O)NO)cc3CCN2C1.Cc1cc2n(c1)CCc1cc(C(=O)NO)cc(F)c1-2.O=C(NO)c1cc(F)c2c(c1)CCn1cccc1-2.O=C(NO)c1ccc2c(c1)CCN1CCC[C@@H]21.O=C(NO)c1ccc2c(c1)CCN1CCC[C@H]21. The Labute approximate surface area is 858 Å². The molecule has 16 heterocycles. The van der Waals surface area contributed by atoms with Crippen LogP contribution in [-0.4, -0.2) is 205 Å². The fourth-order valence-electron chi connectivity index (χ4n) is 25.2. The van der Waals surface area contributed by atoms with Crippen LogP contribution in [0.2, 0.25) is 0 Å². The monoisotopic (exact) mass is 2050 g/mol. The quantitative estimate of drug-likeness (QED) is 0.0382. The highest BCUT2D eigenvalue weighted by Gasteiger charge is 2.45. The molecule has 0 unspecified atom stereocenters. The molecule has 790 valence electrons. The first-order valence-electron chi connectivity index (χ1n) is 50.9. The van der Waals surface area contributed by atoms with E-state index in [1.54, 1.807) is 81.4 Å². The average Bonchev–Trinajstić information content (AvgIpc) is 1.35. The molecule has 8 atom stereocenters. The third-order valence-electron chi connectivity index (χ3n) is 31.7. The lowest BCUT2D eigenvalue weighted by molar-refractivity contribution is 0.0701. The number of hydrogen-bond donors (Lipinski definition) is 16. The Morgan fingerprint density at radius 3 is 1.06 bits per heavy atom. The number of benzene rings is 8. The van der Waals surface area contributed by atoms with E-state index < -0.39 is 58.9 Å². The summed E-state index contributed by atoms with van der Waals surface area (Å²) >= 11 is 0. The molecule has 8 aromatic carbocycles. The van der Waals surface area contributed by atoms with Gasteiger partial charge >= 0.3 is 0 Å². The van der Waals surface area contributed by atoms with Gasteiger partial charge in [-0.1, -0.05) is 53.7 Å². The lowest BCUT2D eigenvalue weighted by atomic mass is 9.87. The maximum absolute atomic E-state index is 14.3. The Hall–Kier alpha value is -12.9. The molecule has 0 aliphatic carbocycles. The third kappa shape index (κ3) is 23.2. The smallest absolute Gasteiger partial charge is 0.274 e. The van der Waals surface area contributed by atoms with Crippen molar-refractivity contribution in [3.63, 3.8) is 0 Å². The number of fused-ring (bicyclic) bond motifs is 22. The zero-order valence-corrected chi connectivity index (χ0v) is 84.3. The molecule has 14 aliphatic rings. The highest BCUT2D eigenvalue weighted by Crippen LogP contribution is 2.48. The number of hydrogen-bond acceptors (Lipinski definition) is 22. The number of nitrogens with one attached hydrogen (secondary N) is 8. The van der Waals surface area contributed by atoms with Crippen molar-refractivity contribution in [2.45, 2.75) is 214 Å². The molecule has 24 rings (SSSR count). The first kappa shape index (κ1) is 107. The normalized spacial score (nSPS) is 21.5. The minimum atomic E-state index is -0.697. The summed E-state index contributed by atoms with van der Waals surface area (Å²) in [6.45, 7) is 28.5. The molecule has 14 aliphatic heterocycles. The van der Waals surface area contributed by atoms with Crippen LogP contribution < -0.4 is 43.8 Å². The van der Waals surface area contributed by atoms with E-state index in [4.69, 9.17) is 41.7 Å². The number of carbonyl (C=O) groups excluding carboxylic acids is 8. The van der Waals surface area contributed by atoms with Crippen molar-refractivity contribution in [1.29, 1.82) is 0 Å². The van der Waals surface area contributed by atoms with E-state index in [-0.39, 0.29) is 79.6 Å². The minimum Gasteiger partial charge on any atom is -0.347 e. The second-order valence-corrected chi connectivity index (χ2v) is 43.1. The topological polar surface area (TPSA) is 424 Å². The molecule has 10 aromatic rings. The van der Waals surface area contributed by atoms with Crippen LogP contribution in [0.4, 0.5) is 26.3 Å². The molecule has 0 spiro atoms. The van der Waals surface area contributed by atoms with E-state index in [1.807, 2.05) is 70.9 Å². The number of aromatic nitrogens is 2. The van der Waals surface area contributed by atoms with Gasteiger partial charge in [-0.15, -0.1) is 0 Å². The number of hydroxylamine groups is 8. The first-order valence-corrected chi connectivity index (χ1v) is 50.9. The van der Waals surface area contributed by atoms with E-state index in [0.717, 1.165) is 202 Å². The second-order valence-electron chi connectivity index (χ2n) is 43.1. The van der Waals surface area contributed by atoms with Crippen LogP contribution >= 0.6 is 0 Å². The van der Waals surface area contributed by atoms with Crippen molar-refractivity contribution in [2.24, 2.45) is 22.7 Å². The lowest BCUT2D eigenvalue weighted by Gasteiger charge is -2.32. The number of rotatable bonds is 8. The van der Waals surface area contributed by atoms with Gasteiger partial charge in [-0.3, -0.25) is 109 Å². The van der Waals surface area contributed by atoms with Crippen molar-refractivity contribution >= 4 is 47.3 Å². The summed E-state index contributed by atoms with van der Waals surface area (Å²) in [5.74, 6) is -5.98. The summed E-state index contributed by atoms with van der Waals surface area (Å²) in [6.07, 6.45) is 19.2. The standard InChI is InChI=1S/2C15H19FN2O2.2C14H17FN2O2.C14H13FN2O2.C13H11FN2O2.2C13H16N2O2/c2*1-15(2)6-11-5-12-10(7-18(11)8-15)3-9(4-13(12)16)14(19)17-20;3*1-8-4-12-13-9(2-3-17(12)7-8)5-10(6-11(13)15)14(18)16-19;14-10-7-9(13(17)15-18)6-8-3-5-16-4-1-2-11(16)12(8)10;2*16-13(14-17)10-3-4-11-9(8-10)5-7-15-6-1-2-12(11)15/h2*3-4,11,20H,5-8H2,1-2H3,(H,17,19);2*5-6,8,12,19H,2-4,7H2,1H3,(H,16,18);4-7,19H,2-3H2,1H3,(H,16,18);1-2,4,6-7,18H,3,5H2,(H,15,17);2*3-4,8,12,17H,1-2,5-7H2,(H,14,16)/t2*11-;8-,12+;8-,12-;;;2*12-/m1011..10/s1. The molecule has 2 aromatic heterocycles. The van der Waals surface area contributed by atoms with Crippen LogP contribution in [-0.2, 0) is 77.5 Å². The molecule has 6 fully saturated rings. The molecule has 0 bridgehead atoms. The summed E-state index contributed by atoms with van der Waals surface area (Å²) in [7, 11) is 0. The van der Waals surface area contributed by atoms with Crippen molar-refractivity contribution in [3.8, 4) is 22.5 Å². The lowest BCUT2D eigenvalue weighted by Crippen LogP contribution is -2.36. The highest BCUT2D eigenvalue weighted by atomic mass is 19.1. The zero-order valence-electron chi connectivity index (χ0n) is 84.3. The minimum absolute atomic E-state index is 0.133. The summed E-state index contributed by atoms with van der Waals surface area (Å²) in [5.41, 5.74) is 32.3. The van der Waals surface area contributed by atoms with Gasteiger partial charge in [-0.2, -0.15) is 0 Å². The zero-order chi connectivity index (χ0) is 106. The van der Waals surface area contributed by atoms with Crippen LogP contribution in [0.1, 0.15) is 283 Å². The van der Waals surface area contributed by atoms with E-state index in [2.05, 4.69) is 70.9 Å². The molecule has 0 saturated carbocycles. The third-order valence-corrected chi connectivity index (χ3v) is 31.7. The van der Waals surface area contributed by atoms with E-state index in [0.29, 0.717) is 97.0 Å². The first-order chi connectivity index (χ1) is 71.4. The van der Waals surface area contributed by atoms with Gasteiger partial charge in [0, 0.05) is 194 Å². The maximum atomic E-state index is 14.3. The molecule has 38 heteroatoms. The van der Waals surface area contributed by atoms with Gasteiger partial charge in [0.1, 0.15) is 34.9 Å². The summed E-state index contributed by atoms with van der Waals surface area (Å²) in [6, 6.07) is 36.5. The van der Waals surface area contributed by atoms with Crippen LogP contribution in [0.3, 0.4) is 0 Å². The van der Waals surface area contributed by atoms with Gasteiger partial charge in [-0.05, 0) is 333 Å². The van der Waals surface area contributed by atoms with E-state index in [9.17, 15) is 64.7 Å². The number of nitrogens with zero attached hydrogens (tertiary/aromatic N) is 8. The largest absolute Gasteiger partial charge is 0.347 e. The van der Waals surface area contributed by atoms with Gasteiger partial charge < -0.3 is 9.13 Å². The number of amides is 8. The second kappa shape index (κ2) is 45.5. The van der Waals surface area contributed by atoms with Crippen LogP contribution in [0, 0.1) is 64.5 Å². The molecule has 8 amide bonds. The maximum Gasteiger partial charge on any atom is 0.274 e. The fourth-order valence-corrected chi connectivity index (χ4v) is 25.2. The van der Waals surface area contributed by atoms with Crippen molar-refractivity contribution in [3.05, 3.63) is 303 Å².